The third kappa shape index (κ3) is 3.72. The third-order valence-electron chi connectivity index (χ3n) is 2.70. The van der Waals surface area contributed by atoms with E-state index in [1.165, 1.54) is 6.07 Å². The van der Waals surface area contributed by atoms with Gasteiger partial charge in [0.2, 0.25) is 0 Å². The number of benzene rings is 1. The SMILES string of the molecule is Cc1cnc(CNCc2ccc(Cl)cc2[N+](=O)[O-])cn1. The van der Waals surface area contributed by atoms with Crippen LogP contribution in [0.25, 0.3) is 0 Å². The minimum Gasteiger partial charge on any atom is -0.307 e. The Balaban J connectivity index is 2.00. The summed E-state index contributed by atoms with van der Waals surface area (Å²) in [7, 11) is 0. The molecule has 0 saturated heterocycles. The van der Waals surface area contributed by atoms with Gasteiger partial charge in [-0.2, -0.15) is 0 Å². The van der Waals surface area contributed by atoms with E-state index in [4.69, 9.17) is 11.6 Å². The molecule has 1 heterocycles. The Labute approximate surface area is 121 Å². The summed E-state index contributed by atoms with van der Waals surface area (Å²) in [5, 5.41) is 14.4. The second-order valence-electron chi connectivity index (χ2n) is 4.28. The molecule has 0 bridgehead atoms. The molecule has 0 fully saturated rings. The Morgan fingerprint density at radius 3 is 2.75 bits per heavy atom. The third-order valence-corrected chi connectivity index (χ3v) is 2.94. The van der Waals surface area contributed by atoms with Gasteiger partial charge in [0.1, 0.15) is 0 Å². The van der Waals surface area contributed by atoms with Crippen molar-refractivity contribution in [3.63, 3.8) is 0 Å². The molecule has 0 saturated carbocycles. The van der Waals surface area contributed by atoms with Gasteiger partial charge in [-0.25, -0.2) is 0 Å². The number of hydrogen-bond donors (Lipinski definition) is 1. The zero-order chi connectivity index (χ0) is 14.5. The molecule has 20 heavy (non-hydrogen) atoms. The van der Waals surface area contributed by atoms with Gasteiger partial charge in [0.15, 0.2) is 0 Å². The second-order valence-corrected chi connectivity index (χ2v) is 4.72. The maximum atomic E-state index is 10.9. The first-order valence-corrected chi connectivity index (χ1v) is 6.35. The molecule has 2 aromatic rings. The van der Waals surface area contributed by atoms with Crippen LogP contribution in [0, 0.1) is 17.0 Å². The Hall–Kier alpha value is -2.05. The highest BCUT2D eigenvalue weighted by atomic mass is 35.5. The van der Waals surface area contributed by atoms with Crippen molar-refractivity contribution in [3.8, 4) is 0 Å². The Morgan fingerprint density at radius 2 is 2.10 bits per heavy atom. The predicted octanol–water partition coefficient (Wildman–Crippen LogP) is 2.64. The number of nitro benzene ring substituents is 1. The van der Waals surface area contributed by atoms with Crippen LogP contribution < -0.4 is 5.32 Å². The first kappa shape index (κ1) is 14.4. The summed E-state index contributed by atoms with van der Waals surface area (Å²) >= 11 is 5.76. The van der Waals surface area contributed by atoms with Crippen LogP contribution in [0.4, 0.5) is 5.69 Å². The number of nitrogens with one attached hydrogen (secondary N) is 1. The Morgan fingerprint density at radius 1 is 1.30 bits per heavy atom. The van der Waals surface area contributed by atoms with E-state index >= 15 is 0 Å². The maximum Gasteiger partial charge on any atom is 0.275 e. The van der Waals surface area contributed by atoms with Crippen LogP contribution in [0.2, 0.25) is 5.02 Å². The molecule has 0 aliphatic carbocycles. The van der Waals surface area contributed by atoms with E-state index in [0.29, 0.717) is 23.7 Å². The van der Waals surface area contributed by atoms with Gasteiger partial charge in [0, 0.05) is 42.1 Å². The van der Waals surface area contributed by atoms with Crippen LogP contribution in [-0.2, 0) is 13.1 Å². The molecule has 0 spiro atoms. The Bertz CT molecular complexity index is 616. The number of halogens is 1. The maximum absolute atomic E-state index is 10.9. The molecule has 0 radical (unpaired) electrons. The topological polar surface area (TPSA) is 81.0 Å². The average Bonchev–Trinajstić information content (AvgIpc) is 2.42. The summed E-state index contributed by atoms with van der Waals surface area (Å²) < 4.78 is 0. The molecule has 1 aromatic heterocycles. The van der Waals surface area contributed by atoms with Crippen LogP contribution in [-0.4, -0.2) is 14.9 Å². The molecule has 1 aromatic carbocycles. The fourth-order valence-corrected chi connectivity index (χ4v) is 1.86. The molecule has 0 atom stereocenters. The van der Waals surface area contributed by atoms with Crippen molar-refractivity contribution in [1.82, 2.24) is 15.3 Å². The number of nitrogens with zero attached hydrogens (tertiary/aromatic N) is 3. The summed E-state index contributed by atoms with van der Waals surface area (Å²) in [6.07, 6.45) is 3.36. The molecule has 2 rings (SSSR count). The van der Waals surface area contributed by atoms with Crippen molar-refractivity contribution in [2.75, 3.05) is 0 Å². The van der Waals surface area contributed by atoms with E-state index in [1.807, 2.05) is 6.92 Å². The van der Waals surface area contributed by atoms with E-state index in [9.17, 15) is 10.1 Å². The lowest BCUT2D eigenvalue weighted by molar-refractivity contribution is -0.385. The molecule has 0 unspecified atom stereocenters. The highest BCUT2D eigenvalue weighted by molar-refractivity contribution is 6.30. The van der Waals surface area contributed by atoms with Crippen LogP contribution >= 0.6 is 11.6 Å². The van der Waals surface area contributed by atoms with Crippen LogP contribution in [0.3, 0.4) is 0 Å². The molecule has 0 aliphatic rings. The van der Waals surface area contributed by atoms with E-state index in [2.05, 4.69) is 15.3 Å². The lowest BCUT2D eigenvalue weighted by Gasteiger charge is -2.06. The van der Waals surface area contributed by atoms with Gasteiger partial charge in [0.05, 0.1) is 16.3 Å². The van der Waals surface area contributed by atoms with Crippen LogP contribution in [0.15, 0.2) is 30.6 Å². The molecular formula is C13H13ClN4O2. The fourth-order valence-electron chi connectivity index (χ4n) is 1.69. The smallest absolute Gasteiger partial charge is 0.275 e. The molecule has 0 amide bonds. The highest BCUT2D eigenvalue weighted by Gasteiger charge is 2.13. The van der Waals surface area contributed by atoms with Gasteiger partial charge in [-0.05, 0) is 19.1 Å². The molecule has 0 aliphatic heterocycles. The minimum absolute atomic E-state index is 0.0139. The normalized spacial score (nSPS) is 10.5. The van der Waals surface area contributed by atoms with Crippen LogP contribution in [0.1, 0.15) is 17.0 Å². The number of nitro groups is 1. The van der Waals surface area contributed by atoms with Crippen molar-refractivity contribution in [1.29, 1.82) is 0 Å². The van der Waals surface area contributed by atoms with Crippen molar-refractivity contribution in [2.45, 2.75) is 20.0 Å². The fraction of sp³-hybridized carbons (Fsp3) is 0.231. The molecular weight excluding hydrogens is 280 g/mol. The molecule has 7 heteroatoms. The number of rotatable bonds is 5. The average molecular weight is 293 g/mol. The molecule has 6 nitrogen and oxygen atoms in total. The van der Waals surface area contributed by atoms with Gasteiger partial charge in [-0.3, -0.25) is 20.1 Å². The van der Waals surface area contributed by atoms with Crippen molar-refractivity contribution in [3.05, 3.63) is 62.7 Å². The largest absolute Gasteiger partial charge is 0.307 e. The van der Waals surface area contributed by atoms with Crippen molar-refractivity contribution < 1.29 is 4.92 Å². The first-order valence-electron chi connectivity index (χ1n) is 5.97. The lowest BCUT2D eigenvalue weighted by Crippen LogP contribution is -2.15. The van der Waals surface area contributed by atoms with Crippen molar-refractivity contribution >= 4 is 17.3 Å². The van der Waals surface area contributed by atoms with Gasteiger partial charge in [-0.15, -0.1) is 0 Å². The highest BCUT2D eigenvalue weighted by Crippen LogP contribution is 2.23. The monoisotopic (exact) mass is 292 g/mol. The zero-order valence-corrected chi connectivity index (χ0v) is 11.6. The quantitative estimate of drug-likeness (QED) is 0.677. The van der Waals surface area contributed by atoms with E-state index in [1.54, 1.807) is 24.5 Å². The van der Waals surface area contributed by atoms with Gasteiger partial charge in [0.25, 0.3) is 5.69 Å². The van der Waals surface area contributed by atoms with Crippen LogP contribution in [0.5, 0.6) is 0 Å². The Kier molecular flexibility index (Phi) is 4.60. The van der Waals surface area contributed by atoms with Crippen molar-refractivity contribution in [2.24, 2.45) is 0 Å². The zero-order valence-electron chi connectivity index (χ0n) is 10.8. The van der Waals surface area contributed by atoms with E-state index in [0.717, 1.165) is 11.4 Å². The minimum atomic E-state index is -0.436. The number of aryl methyl sites for hydroxylation is 1. The summed E-state index contributed by atoms with van der Waals surface area (Å²) in [5.41, 5.74) is 2.23. The van der Waals surface area contributed by atoms with Gasteiger partial charge >= 0.3 is 0 Å². The predicted molar refractivity (Wildman–Crippen MR) is 75.4 cm³/mol. The van der Waals surface area contributed by atoms with E-state index in [-0.39, 0.29) is 5.69 Å². The standard InChI is InChI=1S/C13H13ClN4O2/c1-9-5-17-12(8-16-9)7-15-6-10-2-3-11(14)4-13(10)18(19)20/h2-5,8,15H,6-7H2,1H3. The van der Waals surface area contributed by atoms with Gasteiger partial charge in [-0.1, -0.05) is 11.6 Å². The number of hydrogen-bond acceptors (Lipinski definition) is 5. The molecule has 1 N–H and O–H groups in total. The summed E-state index contributed by atoms with van der Waals surface area (Å²) in [5.74, 6) is 0. The first-order chi connectivity index (χ1) is 9.56. The second kappa shape index (κ2) is 6.40. The van der Waals surface area contributed by atoms with E-state index < -0.39 is 4.92 Å². The lowest BCUT2D eigenvalue weighted by atomic mass is 10.2. The summed E-state index contributed by atoms with van der Waals surface area (Å²) in [6, 6.07) is 4.63. The molecule has 104 valence electrons. The van der Waals surface area contributed by atoms with Gasteiger partial charge < -0.3 is 5.32 Å². The number of aromatic nitrogens is 2. The summed E-state index contributed by atoms with van der Waals surface area (Å²) in [6.45, 7) is 2.72. The summed E-state index contributed by atoms with van der Waals surface area (Å²) in [4.78, 5) is 18.8.